The van der Waals surface area contributed by atoms with Gasteiger partial charge in [0.25, 0.3) is 0 Å². The van der Waals surface area contributed by atoms with Crippen molar-refractivity contribution in [3.63, 3.8) is 0 Å². The number of rotatable bonds is 1. The summed E-state index contributed by atoms with van der Waals surface area (Å²) in [5.74, 6) is 0.588. The lowest BCUT2D eigenvalue weighted by Gasteiger charge is -2.04. The molecule has 0 aliphatic heterocycles. The van der Waals surface area contributed by atoms with Crippen LogP contribution in [0.3, 0.4) is 0 Å². The fourth-order valence-corrected chi connectivity index (χ4v) is 2.02. The Kier molecular flexibility index (Phi) is 2.08. The zero-order valence-electron chi connectivity index (χ0n) is 9.44. The Balaban J connectivity index is 2.24. The molecule has 0 saturated carbocycles. The molecule has 84 valence electrons. The summed E-state index contributed by atoms with van der Waals surface area (Å²) < 4.78 is 0. The van der Waals surface area contributed by atoms with Crippen LogP contribution in [0, 0.1) is 6.92 Å². The summed E-state index contributed by atoms with van der Waals surface area (Å²) in [6.45, 7) is 2.06. The van der Waals surface area contributed by atoms with Crippen molar-refractivity contribution in [3.8, 4) is 11.1 Å². The number of H-pyrrole nitrogens is 1. The molecule has 0 aliphatic rings. The van der Waals surface area contributed by atoms with E-state index < -0.39 is 0 Å². The molecule has 0 unspecified atom stereocenters. The van der Waals surface area contributed by atoms with E-state index in [2.05, 4.69) is 40.3 Å². The lowest BCUT2D eigenvalue weighted by molar-refractivity contribution is 1.10. The van der Waals surface area contributed by atoms with Crippen molar-refractivity contribution in [3.05, 3.63) is 42.4 Å². The minimum Gasteiger partial charge on any atom is -0.384 e. The van der Waals surface area contributed by atoms with Crippen LogP contribution in [0.1, 0.15) is 5.56 Å². The molecular weight excluding hydrogens is 212 g/mol. The van der Waals surface area contributed by atoms with Gasteiger partial charge in [0, 0.05) is 23.3 Å². The number of aromatic amines is 1. The molecule has 17 heavy (non-hydrogen) atoms. The van der Waals surface area contributed by atoms with Crippen LogP contribution in [0.2, 0.25) is 0 Å². The molecule has 4 heteroatoms. The molecule has 0 amide bonds. The van der Waals surface area contributed by atoms with Gasteiger partial charge in [0.1, 0.15) is 5.82 Å². The summed E-state index contributed by atoms with van der Waals surface area (Å²) in [5, 5.41) is 9.00. The Morgan fingerprint density at radius 3 is 2.82 bits per heavy atom. The zero-order chi connectivity index (χ0) is 11.8. The Morgan fingerprint density at radius 1 is 1.18 bits per heavy atom. The normalized spacial score (nSPS) is 10.9. The van der Waals surface area contributed by atoms with Gasteiger partial charge in [-0.15, -0.1) is 0 Å². The maximum Gasteiger partial charge on any atom is 0.126 e. The second-order valence-corrected chi connectivity index (χ2v) is 4.09. The van der Waals surface area contributed by atoms with E-state index in [4.69, 9.17) is 5.73 Å². The van der Waals surface area contributed by atoms with Crippen molar-refractivity contribution in [2.45, 2.75) is 6.92 Å². The van der Waals surface area contributed by atoms with Crippen LogP contribution in [-0.4, -0.2) is 15.2 Å². The highest BCUT2D eigenvalue weighted by molar-refractivity contribution is 5.90. The van der Waals surface area contributed by atoms with Crippen molar-refractivity contribution in [1.29, 1.82) is 0 Å². The number of nitrogen functional groups attached to an aromatic ring is 1. The molecule has 3 aromatic rings. The van der Waals surface area contributed by atoms with Crippen molar-refractivity contribution in [2.75, 3.05) is 5.73 Å². The fraction of sp³-hybridized carbons (Fsp3) is 0.0769. The molecular formula is C13H12N4. The van der Waals surface area contributed by atoms with E-state index in [9.17, 15) is 0 Å². The highest BCUT2D eigenvalue weighted by Gasteiger charge is 2.06. The first-order valence-electron chi connectivity index (χ1n) is 5.39. The minimum atomic E-state index is 0.588. The van der Waals surface area contributed by atoms with E-state index in [1.54, 1.807) is 6.20 Å². The quantitative estimate of drug-likeness (QED) is 0.667. The Labute approximate surface area is 98.5 Å². The number of hydrogen-bond acceptors (Lipinski definition) is 3. The number of nitrogens with two attached hydrogens (primary N) is 1. The number of hydrogen-bond donors (Lipinski definition) is 2. The van der Waals surface area contributed by atoms with Gasteiger partial charge in [-0.1, -0.05) is 12.1 Å². The molecule has 0 atom stereocenters. The summed E-state index contributed by atoms with van der Waals surface area (Å²) in [7, 11) is 0. The molecule has 0 aliphatic carbocycles. The number of anilines is 1. The van der Waals surface area contributed by atoms with Crippen molar-refractivity contribution < 1.29 is 0 Å². The van der Waals surface area contributed by atoms with Gasteiger partial charge in [0.2, 0.25) is 0 Å². The third-order valence-electron chi connectivity index (χ3n) is 2.94. The van der Waals surface area contributed by atoms with Gasteiger partial charge in [0.05, 0.1) is 6.20 Å². The van der Waals surface area contributed by atoms with Gasteiger partial charge in [0.15, 0.2) is 0 Å². The molecule has 0 bridgehead atoms. The van der Waals surface area contributed by atoms with Gasteiger partial charge in [-0.25, -0.2) is 0 Å². The minimum absolute atomic E-state index is 0.588. The summed E-state index contributed by atoms with van der Waals surface area (Å²) in [6.07, 6.45) is 5.47. The maximum absolute atomic E-state index is 5.81. The topological polar surface area (TPSA) is 67.6 Å². The van der Waals surface area contributed by atoms with Crippen molar-refractivity contribution in [1.82, 2.24) is 15.2 Å². The molecule has 3 rings (SSSR count). The molecule has 2 heterocycles. The monoisotopic (exact) mass is 224 g/mol. The Bertz CT molecular complexity index is 685. The average molecular weight is 224 g/mol. The predicted octanol–water partition coefficient (Wildman–Crippen LogP) is 2.52. The highest BCUT2D eigenvalue weighted by atomic mass is 15.1. The third-order valence-corrected chi connectivity index (χ3v) is 2.94. The first-order valence-corrected chi connectivity index (χ1v) is 5.39. The first-order chi connectivity index (χ1) is 8.25. The lowest BCUT2D eigenvalue weighted by atomic mass is 10.0. The van der Waals surface area contributed by atoms with Crippen LogP contribution in [0.4, 0.5) is 5.82 Å². The predicted molar refractivity (Wildman–Crippen MR) is 68.5 cm³/mol. The molecule has 3 N–H and O–H groups in total. The molecule has 4 nitrogen and oxygen atoms in total. The highest BCUT2D eigenvalue weighted by Crippen LogP contribution is 2.27. The zero-order valence-corrected chi connectivity index (χ0v) is 9.44. The second-order valence-electron chi connectivity index (χ2n) is 4.09. The van der Waals surface area contributed by atoms with Crippen LogP contribution in [0.15, 0.2) is 36.8 Å². The molecule has 0 fully saturated rings. The largest absolute Gasteiger partial charge is 0.384 e. The number of pyridine rings is 1. The van der Waals surface area contributed by atoms with Crippen LogP contribution in [-0.2, 0) is 0 Å². The number of fused-ring (bicyclic) bond motifs is 1. The third kappa shape index (κ3) is 1.54. The van der Waals surface area contributed by atoms with Gasteiger partial charge in [-0.3, -0.25) is 10.1 Å². The van der Waals surface area contributed by atoms with Gasteiger partial charge < -0.3 is 5.73 Å². The molecule has 1 aromatic carbocycles. The summed E-state index contributed by atoms with van der Waals surface area (Å²) in [6, 6.07) is 6.22. The van der Waals surface area contributed by atoms with Gasteiger partial charge in [-0.2, -0.15) is 5.10 Å². The van der Waals surface area contributed by atoms with E-state index in [-0.39, 0.29) is 0 Å². The van der Waals surface area contributed by atoms with Crippen LogP contribution in [0.5, 0.6) is 0 Å². The van der Waals surface area contributed by atoms with E-state index in [1.807, 2.05) is 12.4 Å². The summed E-state index contributed by atoms with van der Waals surface area (Å²) in [5.41, 5.74) is 8.96. The SMILES string of the molecule is Cc1cncc2cc(-c3cn[nH]c3N)ccc12. The molecule has 2 aromatic heterocycles. The maximum atomic E-state index is 5.81. The summed E-state index contributed by atoms with van der Waals surface area (Å²) >= 11 is 0. The van der Waals surface area contributed by atoms with Crippen LogP contribution in [0.25, 0.3) is 21.9 Å². The van der Waals surface area contributed by atoms with Crippen molar-refractivity contribution >= 4 is 16.6 Å². The van der Waals surface area contributed by atoms with E-state index in [0.717, 1.165) is 16.5 Å². The van der Waals surface area contributed by atoms with Crippen molar-refractivity contribution in [2.24, 2.45) is 0 Å². The average Bonchev–Trinajstić information content (AvgIpc) is 2.75. The van der Waals surface area contributed by atoms with Crippen LogP contribution < -0.4 is 5.73 Å². The number of aromatic nitrogens is 3. The fourth-order valence-electron chi connectivity index (χ4n) is 2.02. The van der Waals surface area contributed by atoms with Gasteiger partial charge >= 0.3 is 0 Å². The standard InChI is InChI=1S/C13H12N4/c1-8-5-15-6-10-4-9(2-3-11(8)10)12-7-16-17-13(12)14/h2-7H,1H3,(H3,14,16,17). The second kappa shape index (κ2) is 3.59. The summed E-state index contributed by atoms with van der Waals surface area (Å²) in [4.78, 5) is 4.20. The molecule has 0 spiro atoms. The van der Waals surface area contributed by atoms with E-state index in [1.165, 1.54) is 10.9 Å². The Morgan fingerprint density at radius 2 is 2.06 bits per heavy atom. The number of aryl methyl sites for hydroxylation is 1. The van der Waals surface area contributed by atoms with E-state index in [0.29, 0.717) is 5.82 Å². The van der Waals surface area contributed by atoms with Crippen LogP contribution >= 0.6 is 0 Å². The number of nitrogens with one attached hydrogen (secondary N) is 1. The number of nitrogens with zero attached hydrogens (tertiary/aromatic N) is 2. The molecule has 0 saturated heterocycles. The van der Waals surface area contributed by atoms with E-state index >= 15 is 0 Å². The first kappa shape index (κ1) is 9.84. The lowest BCUT2D eigenvalue weighted by Crippen LogP contribution is -1.88. The smallest absolute Gasteiger partial charge is 0.126 e. The van der Waals surface area contributed by atoms with Gasteiger partial charge in [-0.05, 0) is 29.5 Å². The Hall–Kier alpha value is -2.36. The number of benzene rings is 1. The molecule has 0 radical (unpaired) electrons.